The minimum atomic E-state index is -0.637. The Morgan fingerprint density at radius 3 is 2.86 bits per heavy atom. The smallest absolute Gasteiger partial charge is 0.272 e. The molecule has 1 N–H and O–H groups in total. The lowest BCUT2D eigenvalue weighted by molar-refractivity contribution is -0.119. The number of anilines is 1. The number of thiophene rings is 1. The van der Waals surface area contributed by atoms with E-state index in [0.717, 1.165) is 27.0 Å². The number of hydrogen-bond acceptors (Lipinski definition) is 5. The first kappa shape index (κ1) is 18.3. The number of aromatic nitrogens is 3. The van der Waals surface area contributed by atoms with Crippen LogP contribution in [0.3, 0.4) is 0 Å². The molecule has 0 saturated heterocycles. The van der Waals surface area contributed by atoms with Crippen LogP contribution in [0, 0.1) is 13.8 Å². The molecule has 142 valence electrons. The highest BCUT2D eigenvalue weighted by molar-refractivity contribution is 7.25. The molecule has 0 radical (unpaired) electrons. The Kier molecular flexibility index (Phi) is 4.68. The lowest BCUT2D eigenvalue weighted by atomic mass is 10.1. The summed E-state index contributed by atoms with van der Waals surface area (Å²) in [6.45, 7) is 5.81. The van der Waals surface area contributed by atoms with Crippen LogP contribution in [-0.4, -0.2) is 20.4 Å². The molecule has 1 amide bonds. The molecule has 4 aromatic rings. The Morgan fingerprint density at radius 2 is 2.07 bits per heavy atom. The second-order valence-electron chi connectivity index (χ2n) is 6.82. The van der Waals surface area contributed by atoms with E-state index in [4.69, 9.17) is 0 Å². The summed E-state index contributed by atoms with van der Waals surface area (Å²) in [6.07, 6.45) is 3.65. The minimum absolute atomic E-state index is 0.212. The first-order valence-corrected chi connectivity index (χ1v) is 9.93. The first-order chi connectivity index (χ1) is 13.5. The van der Waals surface area contributed by atoms with Gasteiger partial charge in [-0.25, -0.2) is 9.97 Å². The van der Waals surface area contributed by atoms with Gasteiger partial charge in [-0.3, -0.25) is 14.2 Å². The predicted octanol–water partition coefficient (Wildman–Crippen LogP) is 4.21. The SMILES string of the molecule is CCC(C(=O)Nc1cc(C)ccc1C)n1cnc2c(sc3ncccc32)c1=O. The van der Waals surface area contributed by atoms with Crippen molar-refractivity contribution in [2.75, 3.05) is 5.32 Å². The number of benzene rings is 1. The summed E-state index contributed by atoms with van der Waals surface area (Å²) in [5.74, 6) is -0.223. The van der Waals surface area contributed by atoms with Gasteiger partial charge in [-0.1, -0.05) is 19.1 Å². The fraction of sp³-hybridized carbons (Fsp3) is 0.238. The maximum atomic E-state index is 13.1. The van der Waals surface area contributed by atoms with Gasteiger partial charge in [0, 0.05) is 17.3 Å². The largest absolute Gasteiger partial charge is 0.324 e. The normalized spacial score (nSPS) is 12.4. The molecule has 0 aliphatic carbocycles. The third-order valence-electron chi connectivity index (χ3n) is 4.86. The Morgan fingerprint density at radius 1 is 1.25 bits per heavy atom. The number of fused-ring (bicyclic) bond motifs is 3. The summed E-state index contributed by atoms with van der Waals surface area (Å²) in [6, 6.07) is 9.00. The minimum Gasteiger partial charge on any atom is -0.324 e. The molecule has 0 bridgehead atoms. The Balaban J connectivity index is 1.75. The van der Waals surface area contributed by atoms with Crippen LogP contribution in [0.15, 0.2) is 47.7 Å². The molecule has 1 unspecified atom stereocenters. The molecule has 4 rings (SSSR count). The maximum Gasteiger partial charge on any atom is 0.272 e. The van der Waals surface area contributed by atoms with Crippen LogP contribution in [0.1, 0.15) is 30.5 Å². The molecule has 0 fully saturated rings. The Labute approximate surface area is 165 Å². The number of pyridine rings is 1. The van der Waals surface area contributed by atoms with Crippen molar-refractivity contribution in [3.05, 3.63) is 64.3 Å². The summed E-state index contributed by atoms with van der Waals surface area (Å²) >= 11 is 1.31. The highest BCUT2D eigenvalue weighted by Crippen LogP contribution is 2.28. The van der Waals surface area contributed by atoms with Gasteiger partial charge in [0.25, 0.3) is 5.56 Å². The average Bonchev–Trinajstić information content (AvgIpc) is 3.07. The summed E-state index contributed by atoms with van der Waals surface area (Å²) in [5.41, 5.74) is 3.23. The monoisotopic (exact) mass is 392 g/mol. The van der Waals surface area contributed by atoms with E-state index in [0.29, 0.717) is 16.6 Å². The summed E-state index contributed by atoms with van der Waals surface area (Å²) < 4.78 is 1.95. The molecule has 3 heterocycles. The van der Waals surface area contributed by atoms with E-state index in [1.807, 2.05) is 51.1 Å². The molecule has 0 spiro atoms. The van der Waals surface area contributed by atoms with E-state index >= 15 is 0 Å². The van der Waals surface area contributed by atoms with Crippen LogP contribution >= 0.6 is 11.3 Å². The number of carbonyl (C=O) groups is 1. The Bertz CT molecular complexity index is 1260. The van der Waals surface area contributed by atoms with E-state index in [9.17, 15) is 9.59 Å². The van der Waals surface area contributed by atoms with Crippen molar-refractivity contribution in [2.24, 2.45) is 0 Å². The van der Waals surface area contributed by atoms with Crippen molar-refractivity contribution in [1.29, 1.82) is 0 Å². The molecule has 1 atom stereocenters. The van der Waals surface area contributed by atoms with Gasteiger partial charge in [0.1, 0.15) is 15.6 Å². The summed E-state index contributed by atoms with van der Waals surface area (Å²) in [4.78, 5) is 35.6. The zero-order valence-electron chi connectivity index (χ0n) is 15.9. The van der Waals surface area contributed by atoms with Gasteiger partial charge in [0.05, 0.1) is 11.8 Å². The topological polar surface area (TPSA) is 76.9 Å². The standard InChI is InChI=1S/C21H20N4O2S/c1-4-16(19(26)24-15-10-12(2)7-8-13(15)3)25-11-23-17-14-6-5-9-22-20(14)28-18(17)21(25)27/h5-11,16H,4H2,1-3H3,(H,24,26). The number of nitrogens with zero attached hydrogens (tertiary/aromatic N) is 3. The van der Waals surface area contributed by atoms with Crippen molar-refractivity contribution in [2.45, 2.75) is 33.2 Å². The van der Waals surface area contributed by atoms with E-state index in [1.54, 1.807) is 6.20 Å². The third-order valence-corrected chi connectivity index (χ3v) is 5.95. The summed E-state index contributed by atoms with van der Waals surface area (Å²) in [7, 11) is 0. The van der Waals surface area contributed by atoms with E-state index in [2.05, 4.69) is 15.3 Å². The molecule has 1 aromatic carbocycles. The predicted molar refractivity (Wildman–Crippen MR) is 113 cm³/mol. The molecular weight excluding hydrogens is 372 g/mol. The molecule has 0 saturated carbocycles. The van der Waals surface area contributed by atoms with Crippen molar-refractivity contribution >= 4 is 43.4 Å². The fourth-order valence-electron chi connectivity index (χ4n) is 3.30. The van der Waals surface area contributed by atoms with Crippen LogP contribution in [0.5, 0.6) is 0 Å². The first-order valence-electron chi connectivity index (χ1n) is 9.12. The van der Waals surface area contributed by atoms with Crippen molar-refractivity contribution in [3.63, 3.8) is 0 Å². The lowest BCUT2D eigenvalue weighted by Gasteiger charge is -2.18. The maximum absolute atomic E-state index is 13.1. The van der Waals surface area contributed by atoms with Crippen LogP contribution in [0.25, 0.3) is 20.4 Å². The Hall–Kier alpha value is -3.06. The van der Waals surface area contributed by atoms with Gasteiger partial charge in [-0.2, -0.15) is 0 Å². The quantitative estimate of drug-likeness (QED) is 0.564. The number of hydrogen-bond donors (Lipinski definition) is 1. The van der Waals surface area contributed by atoms with Crippen molar-refractivity contribution in [1.82, 2.24) is 14.5 Å². The van der Waals surface area contributed by atoms with Gasteiger partial charge < -0.3 is 5.32 Å². The number of nitrogens with one attached hydrogen (secondary N) is 1. The second-order valence-corrected chi connectivity index (χ2v) is 7.82. The number of amides is 1. The van der Waals surface area contributed by atoms with Crippen LogP contribution in [-0.2, 0) is 4.79 Å². The molecular formula is C21H20N4O2S. The molecule has 6 nitrogen and oxygen atoms in total. The molecule has 3 aromatic heterocycles. The highest BCUT2D eigenvalue weighted by Gasteiger charge is 2.23. The number of rotatable bonds is 4. The molecule has 0 aliphatic heterocycles. The van der Waals surface area contributed by atoms with Gasteiger partial charge in [0.2, 0.25) is 5.91 Å². The summed E-state index contributed by atoms with van der Waals surface area (Å²) in [5, 5.41) is 3.83. The molecule has 7 heteroatoms. The van der Waals surface area contributed by atoms with Gasteiger partial charge in [0.15, 0.2) is 0 Å². The van der Waals surface area contributed by atoms with Crippen LogP contribution in [0.4, 0.5) is 5.69 Å². The van der Waals surface area contributed by atoms with E-state index < -0.39 is 6.04 Å². The zero-order valence-corrected chi connectivity index (χ0v) is 16.7. The number of aryl methyl sites for hydroxylation is 2. The lowest BCUT2D eigenvalue weighted by Crippen LogP contribution is -2.33. The highest BCUT2D eigenvalue weighted by atomic mass is 32.1. The van der Waals surface area contributed by atoms with Crippen LogP contribution < -0.4 is 10.9 Å². The zero-order chi connectivity index (χ0) is 19.8. The molecule has 0 aliphatic rings. The third kappa shape index (κ3) is 3.07. The average molecular weight is 392 g/mol. The number of carbonyl (C=O) groups excluding carboxylic acids is 1. The molecule has 28 heavy (non-hydrogen) atoms. The van der Waals surface area contributed by atoms with Gasteiger partial charge >= 0.3 is 0 Å². The van der Waals surface area contributed by atoms with Gasteiger partial charge in [-0.15, -0.1) is 11.3 Å². The van der Waals surface area contributed by atoms with Gasteiger partial charge in [-0.05, 0) is 49.6 Å². The fourth-order valence-corrected chi connectivity index (χ4v) is 4.33. The van der Waals surface area contributed by atoms with Crippen molar-refractivity contribution < 1.29 is 4.79 Å². The second kappa shape index (κ2) is 7.16. The van der Waals surface area contributed by atoms with Crippen LogP contribution in [0.2, 0.25) is 0 Å². The van der Waals surface area contributed by atoms with Crippen molar-refractivity contribution in [3.8, 4) is 0 Å². The van der Waals surface area contributed by atoms with E-state index in [-0.39, 0.29) is 11.5 Å². The van der Waals surface area contributed by atoms with E-state index in [1.165, 1.54) is 22.2 Å².